The molecule has 5 nitrogen and oxygen atoms in total. The summed E-state index contributed by atoms with van der Waals surface area (Å²) in [5.74, 6) is 0.573. The van der Waals surface area contributed by atoms with Crippen LogP contribution in [0.1, 0.15) is 19.4 Å². The van der Waals surface area contributed by atoms with Crippen molar-refractivity contribution in [2.45, 2.75) is 26.4 Å². The van der Waals surface area contributed by atoms with Crippen LogP contribution in [-0.4, -0.2) is 25.8 Å². The van der Waals surface area contributed by atoms with Crippen LogP contribution in [0.3, 0.4) is 0 Å². The fraction of sp³-hybridized carbons (Fsp3) is 0.364. The van der Waals surface area contributed by atoms with Gasteiger partial charge in [0.15, 0.2) is 0 Å². The van der Waals surface area contributed by atoms with Crippen molar-refractivity contribution in [3.8, 4) is 5.95 Å². The minimum Gasteiger partial charge on any atom is -0.310 e. The number of rotatable bonds is 4. The second-order valence-corrected chi connectivity index (χ2v) is 4.95. The largest absolute Gasteiger partial charge is 0.310 e. The van der Waals surface area contributed by atoms with Crippen LogP contribution in [0.25, 0.3) is 5.95 Å². The highest BCUT2D eigenvalue weighted by Crippen LogP contribution is 2.09. The standard InChI is InChI=1S/C11H14BrN5/c1-8(2)13-3-9-4-14-11(15-5-9)17-7-10(12)6-16-17/h4-8,13H,3H2,1-2H3. The molecule has 0 aromatic carbocycles. The van der Waals surface area contributed by atoms with Crippen LogP contribution < -0.4 is 5.32 Å². The lowest BCUT2D eigenvalue weighted by molar-refractivity contribution is 0.586. The van der Waals surface area contributed by atoms with E-state index in [4.69, 9.17) is 0 Å². The average Bonchev–Trinajstić information content (AvgIpc) is 2.74. The molecule has 2 aromatic heterocycles. The Morgan fingerprint density at radius 3 is 2.53 bits per heavy atom. The van der Waals surface area contributed by atoms with Crippen molar-refractivity contribution in [3.05, 3.63) is 34.8 Å². The Bertz CT molecular complexity index is 477. The highest BCUT2D eigenvalue weighted by molar-refractivity contribution is 9.10. The molecule has 0 atom stereocenters. The summed E-state index contributed by atoms with van der Waals surface area (Å²) >= 11 is 3.34. The van der Waals surface area contributed by atoms with Crippen LogP contribution in [0.5, 0.6) is 0 Å². The average molecular weight is 296 g/mol. The third kappa shape index (κ3) is 3.34. The van der Waals surface area contributed by atoms with Gasteiger partial charge in [-0.2, -0.15) is 5.10 Å². The van der Waals surface area contributed by atoms with Gasteiger partial charge in [-0.05, 0) is 15.9 Å². The Labute approximate surface area is 108 Å². The molecule has 0 saturated carbocycles. The van der Waals surface area contributed by atoms with Crippen LogP contribution >= 0.6 is 15.9 Å². The summed E-state index contributed by atoms with van der Waals surface area (Å²) in [5.41, 5.74) is 1.06. The lowest BCUT2D eigenvalue weighted by Crippen LogP contribution is -2.22. The molecule has 2 heterocycles. The monoisotopic (exact) mass is 295 g/mol. The first-order chi connectivity index (χ1) is 8.15. The SMILES string of the molecule is CC(C)NCc1cnc(-n2cc(Br)cn2)nc1. The molecule has 6 heteroatoms. The molecule has 0 radical (unpaired) electrons. The molecule has 0 aliphatic rings. The van der Waals surface area contributed by atoms with Gasteiger partial charge in [0.1, 0.15) is 0 Å². The zero-order valence-corrected chi connectivity index (χ0v) is 11.3. The Kier molecular flexibility index (Phi) is 3.86. The molecular formula is C11H14BrN5. The maximum absolute atomic E-state index is 4.27. The smallest absolute Gasteiger partial charge is 0.250 e. The molecule has 0 unspecified atom stereocenters. The summed E-state index contributed by atoms with van der Waals surface area (Å²) in [5, 5.41) is 7.43. The Hall–Kier alpha value is -1.27. The van der Waals surface area contributed by atoms with E-state index >= 15 is 0 Å². The number of hydrogen-bond acceptors (Lipinski definition) is 4. The van der Waals surface area contributed by atoms with Crippen LogP contribution in [0.15, 0.2) is 29.3 Å². The minimum absolute atomic E-state index is 0.455. The molecule has 2 rings (SSSR count). The normalized spacial score (nSPS) is 11.1. The molecular weight excluding hydrogens is 282 g/mol. The lowest BCUT2D eigenvalue weighted by atomic mass is 10.3. The van der Waals surface area contributed by atoms with Gasteiger partial charge in [-0.1, -0.05) is 13.8 Å². The highest BCUT2D eigenvalue weighted by Gasteiger charge is 2.02. The summed E-state index contributed by atoms with van der Waals surface area (Å²) in [6.45, 7) is 4.99. The molecule has 0 amide bonds. The summed E-state index contributed by atoms with van der Waals surface area (Å²) in [6, 6.07) is 0.455. The molecule has 0 fully saturated rings. The van der Waals surface area contributed by atoms with E-state index < -0.39 is 0 Å². The Balaban J connectivity index is 2.07. The molecule has 0 bridgehead atoms. The van der Waals surface area contributed by atoms with Gasteiger partial charge in [-0.3, -0.25) is 0 Å². The summed E-state index contributed by atoms with van der Waals surface area (Å²) < 4.78 is 2.54. The Morgan fingerprint density at radius 2 is 2.00 bits per heavy atom. The van der Waals surface area contributed by atoms with E-state index in [9.17, 15) is 0 Å². The van der Waals surface area contributed by atoms with Gasteiger partial charge in [0.05, 0.1) is 10.7 Å². The topological polar surface area (TPSA) is 55.6 Å². The molecule has 1 N–H and O–H groups in total. The van der Waals surface area contributed by atoms with Crippen molar-refractivity contribution in [1.82, 2.24) is 25.1 Å². The molecule has 2 aromatic rings. The van der Waals surface area contributed by atoms with Crippen molar-refractivity contribution in [2.75, 3.05) is 0 Å². The molecule has 17 heavy (non-hydrogen) atoms. The first-order valence-electron chi connectivity index (χ1n) is 5.40. The number of nitrogens with zero attached hydrogens (tertiary/aromatic N) is 4. The zero-order valence-electron chi connectivity index (χ0n) is 9.76. The Morgan fingerprint density at radius 1 is 1.29 bits per heavy atom. The summed E-state index contributed by atoms with van der Waals surface area (Å²) in [6.07, 6.45) is 7.15. The first kappa shape index (κ1) is 12.2. The maximum Gasteiger partial charge on any atom is 0.250 e. The van der Waals surface area contributed by atoms with E-state index in [2.05, 4.69) is 50.2 Å². The van der Waals surface area contributed by atoms with Gasteiger partial charge in [0.2, 0.25) is 5.95 Å². The molecule has 0 spiro atoms. The number of hydrogen-bond donors (Lipinski definition) is 1. The third-order valence-corrected chi connectivity index (χ3v) is 2.57. The van der Waals surface area contributed by atoms with Gasteiger partial charge >= 0.3 is 0 Å². The van der Waals surface area contributed by atoms with E-state index in [1.54, 1.807) is 10.9 Å². The van der Waals surface area contributed by atoms with Crippen LogP contribution in [0.4, 0.5) is 0 Å². The minimum atomic E-state index is 0.455. The number of nitrogens with one attached hydrogen (secondary N) is 1. The van der Waals surface area contributed by atoms with Crippen LogP contribution in [0, 0.1) is 0 Å². The molecule has 90 valence electrons. The van der Waals surface area contributed by atoms with E-state index in [1.807, 2.05) is 18.6 Å². The zero-order chi connectivity index (χ0) is 12.3. The van der Waals surface area contributed by atoms with Crippen LogP contribution in [0.2, 0.25) is 0 Å². The number of aromatic nitrogens is 4. The predicted octanol–water partition coefficient (Wildman–Crippen LogP) is 1.92. The summed E-state index contributed by atoms with van der Waals surface area (Å²) in [7, 11) is 0. The second-order valence-electron chi connectivity index (χ2n) is 4.03. The van der Waals surface area contributed by atoms with Crippen molar-refractivity contribution < 1.29 is 0 Å². The highest BCUT2D eigenvalue weighted by atomic mass is 79.9. The fourth-order valence-corrected chi connectivity index (χ4v) is 1.58. The third-order valence-electron chi connectivity index (χ3n) is 2.16. The summed E-state index contributed by atoms with van der Waals surface area (Å²) in [4.78, 5) is 8.54. The van der Waals surface area contributed by atoms with Gasteiger partial charge in [0.25, 0.3) is 0 Å². The molecule has 0 aliphatic carbocycles. The molecule has 0 saturated heterocycles. The lowest BCUT2D eigenvalue weighted by Gasteiger charge is -2.07. The van der Waals surface area contributed by atoms with Gasteiger partial charge in [-0.25, -0.2) is 14.6 Å². The van der Waals surface area contributed by atoms with E-state index in [1.165, 1.54) is 0 Å². The maximum atomic E-state index is 4.27. The second kappa shape index (κ2) is 5.37. The van der Waals surface area contributed by atoms with E-state index in [0.29, 0.717) is 12.0 Å². The van der Waals surface area contributed by atoms with Crippen molar-refractivity contribution in [3.63, 3.8) is 0 Å². The predicted molar refractivity (Wildman–Crippen MR) is 68.8 cm³/mol. The fourth-order valence-electron chi connectivity index (χ4n) is 1.29. The van der Waals surface area contributed by atoms with Crippen molar-refractivity contribution >= 4 is 15.9 Å². The number of halogens is 1. The molecule has 0 aliphatic heterocycles. The van der Waals surface area contributed by atoms with Crippen molar-refractivity contribution in [1.29, 1.82) is 0 Å². The van der Waals surface area contributed by atoms with Crippen molar-refractivity contribution in [2.24, 2.45) is 0 Å². The van der Waals surface area contributed by atoms with Gasteiger partial charge in [0, 0.05) is 36.7 Å². The van der Waals surface area contributed by atoms with Crippen LogP contribution in [-0.2, 0) is 6.54 Å². The first-order valence-corrected chi connectivity index (χ1v) is 6.19. The quantitative estimate of drug-likeness (QED) is 0.936. The van der Waals surface area contributed by atoms with Gasteiger partial charge < -0.3 is 5.32 Å². The van der Waals surface area contributed by atoms with Gasteiger partial charge in [-0.15, -0.1) is 0 Å². The van der Waals surface area contributed by atoms with E-state index in [-0.39, 0.29) is 0 Å². The van der Waals surface area contributed by atoms with E-state index in [0.717, 1.165) is 16.6 Å².